The number of thiocarbonyl (C=S) groups is 1. The van der Waals surface area contributed by atoms with Crippen molar-refractivity contribution in [2.45, 2.75) is 0 Å². The molecule has 1 fully saturated rings. The largest absolute Gasteiger partial charge is 0.480 e. The lowest BCUT2D eigenvalue weighted by Crippen LogP contribution is -2.33. The fourth-order valence-electron chi connectivity index (χ4n) is 2.29. The smallest absolute Gasteiger partial charge is 0.323 e. The first-order valence-electron chi connectivity index (χ1n) is 6.51. The summed E-state index contributed by atoms with van der Waals surface area (Å²) in [4.78, 5) is 24.6. The van der Waals surface area contributed by atoms with Crippen molar-refractivity contribution in [3.05, 3.63) is 52.9 Å². The van der Waals surface area contributed by atoms with Crippen LogP contribution < -0.4 is 0 Å². The van der Waals surface area contributed by atoms with E-state index in [0.29, 0.717) is 4.91 Å². The van der Waals surface area contributed by atoms with Gasteiger partial charge in [0.2, 0.25) is 0 Å². The Morgan fingerprint density at radius 3 is 2.73 bits per heavy atom. The second-order valence-corrected chi connectivity index (χ2v) is 6.41. The van der Waals surface area contributed by atoms with Crippen LogP contribution in [0.2, 0.25) is 0 Å². The van der Waals surface area contributed by atoms with Gasteiger partial charge in [0, 0.05) is 0 Å². The van der Waals surface area contributed by atoms with Crippen LogP contribution in [0, 0.1) is 0 Å². The molecule has 22 heavy (non-hydrogen) atoms. The molecule has 0 unspecified atom stereocenters. The summed E-state index contributed by atoms with van der Waals surface area (Å²) < 4.78 is 0.277. The van der Waals surface area contributed by atoms with Crippen molar-refractivity contribution in [2.75, 3.05) is 6.54 Å². The van der Waals surface area contributed by atoms with Crippen molar-refractivity contribution in [3.63, 3.8) is 0 Å². The van der Waals surface area contributed by atoms with Gasteiger partial charge in [-0.05, 0) is 22.4 Å². The molecule has 2 aromatic carbocycles. The van der Waals surface area contributed by atoms with Gasteiger partial charge in [-0.25, -0.2) is 0 Å². The molecule has 1 amide bonds. The third-order valence-electron chi connectivity index (χ3n) is 3.28. The average molecular weight is 329 g/mol. The fourth-order valence-corrected chi connectivity index (χ4v) is 3.54. The van der Waals surface area contributed by atoms with E-state index >= 15 is 0 Å². The summed E-state index contributed by atoms with van der Waals surface area (Å²) in [5.74, 6) is -1.44. The van der Waals surface area contributed by atoms with Gasteiger partial charge in [0.05, 0.1) is 4.91 Å². The van der Waals surface area contributed by atoms with Crippen LogP contribution in [0.4, 0.5) is 0 Å². The van der Waals surface area contributed by atoms with Gasteiger partial charge in [-0.1, -0.05) is 66.4 Å². The number of aliphatic carboxylic acids is 1. The molecule has 1 aliphatic rings. The van der Waals surface area contributed by atoms with Gasteiger partial charge in [-0.3, -0.25) is 14.5 Å². The van der Waals surface area contributed by atoms with Crippen molar-refractivity contribution in [3.8, 4) is 0 Å². The Labute approximate surface area is 136 Å². The van der Waals surface area contributed by atoms with E-state index in [9.17, 15) is 9.59 Å². The van der Waals surface area contributed by atoms with Gasteiger partial charge in [-0.15, -0.1) is 0 Å². The number of carboxylic acid groups (broad SMARTS) is 1. The predicted octanol–water partition coefficient (Wildman–Crippen LogP) is 3.13. The lowest BCUT2D eigenvalue weighted by Gasteiger charge is -2.10. The Kier molecular flexibility index (Phi) is 3.96. The zero-order valence-electron chi connectivity index (χ0n) is 11.4. The molecule has 1 heterocycles. The van der Waals surface area contributed by atoms with Crippen LogP contribution in [0.5, 0.6) is 0 Å². The number of nitrogens with zero attached hydrogens (tertiary/aromatic N) is 1. The van der Waals surface area contributed by atoms with Crippen LogP contribution in [0.3, 0.4) is 0 Å². The first-order valence-corrected chi connectivity index (χ1v) is 7.73. The lowest BCUT2D eigenvalue weighted by molar-refractivity contribution is -0.140. The van der Waals surface area contributed by atoms with Crippen molar-refractivity contribution in [1.29, 1.82) is 0 Å². The van der Waals surface area contributed by atoms with Crippen LogP contribution in [-0.2, 0) is 9.59 Å². The molecule has 0 spiro atoms. The fraction of sp³-hybridized carbons (Fsp3) is 0.0625. The molecule has 1 saturated heterocycles. The number of carbonyl (C=O) groups is 2. The molecule has 2 aromatic rings. The Balaban J connectivity index is 2.00. The highest BCUT2D eigenvalue weighted by Crippen LogP contribution is 2.33. The number of thioether (sulfide) groups is 1. The summed E-state index contributed by atoms with van der Waals surface area (Å²) in [5, 5.41) is 11.0. The molecule has 6 heteroatoms. The van der Waals surface area contributed by atoms with Crippen LogP contribution in [0.25, 0.3) is 16.8 Å². The van der Waals surface area contributed by atoms with E-state index in [1.165, 1.54) is 0 Å². The Morgan fingerprint density at radius 1 is 1.23 bits per heavy atom. The van der Waals surface area contributed by atoms with Gasteiger partial charge in [-0.2, -0.15) is 0 Å². The highest BCUT2D eigenvalue weighted by Gasteiger charge is 2.33. The highest BCUT2D eigenvalue weighted by molar-refractivity contribution is 8.26. The molecule has 1 aliphatic heterocycles. The summed E-state index contributed by atoms with van der Waals surface area (Å²) in [5.41, 5.74) is 0.911. The van der Waals surface area contributed by atoms with Gasteiger partial charge in [0.15, 0.2) is 0 Å². The summed E-state index contributed by atoms with van der Waals surface area (Å²) in [6, 6.07) is 13.7. The average Bonchev–Trinajstić information content (AvgIpc) is 2.75. The quantitative estimate of drug-likeness (QED) is 0.692. The Hall–Kier alpha value is -2.18. The van der Waals surface area contributed by atoms with Crippen molar-refractivity contribution in [2.24, 2.45) is 0 Å². The first kappa shape index (κ1) is 14.7. The van der Waals surface area contributed by atoms with Gasteiger partial charge in [0.1, 0.15) is 10.9 Å². The van der Waals surface area contributed by atoms with Gasteiger partial charge < -0.3 is 5.11 Å². The monoisotopic (exact) mass is 329 g/mol. The molecular weight excluding hydrogens is 318 g/mol. The van der Waals surface area contributed by atoms with Gasteiger partial charge >= 0.3 is 5.97 Å². The molecule has 3 rings (SSSR count). The minimum absolute atomic E-state index is 0.277. The summed E-state index contributed by atoms with van der Waals surface area (Å²) in [6.07, 6.45) is 1.77. The van der Waals surface area contributed by atoms with E-state index in [-0.39, 0.29) is 10.2 Å². The SMILES string of the molecule is O=C(O)CN1C(=O)C(=Cc2cccc3ccccc23)SC1=S. The molecule has 0 saturated carbocycles. The zero-order valence-corrected chi connectivity index (χ0v) is 13.0. The zero-order chi connectivity index (χ0) is 15.7. The Bertz CT molecular complexity index is 824. The third kappa shape index (κ3) is 2.75. The number of hydrogen-bond donors (Lipinski definition) is 1. The number of amides is 1. The second-order valence-electron chi connectivity index (χ2n) is 4.73. The molecule has 0 radical (unpaired) electrons. The molecule has 1 N–H and O–H groups in total. The molecule has 0 atom stereocenters. The minimum atomic E-state index is -1.08. The number of hydrogen-bond acceptors (Lipinski definition) is 4. The minimum Gasteiger partial charge on any atom is -0.480 e. The van der Waals surface area contributed by atoms with E-state index < -0.39 is 12.5 Å². The molecule has 4 nitrogen and oxygen atoms in total. The normalized spacial score (nSPS) is 16.7. The van der Waals surface area contributed by atoms with E-state index in [1.807, 2.05) is 42.5 Å². The third-order valence-corrected chi connectivity index (χ3v) is 4.65. The maximum atomic E-state index is 12.3. The lowest BCUT2D eigenvalue weighted by atomic mass is 10.0. The molecule has 0 bridgehead atoms. The second kappa shape index (κ2) is 5.90. The molecule has 0 aliphatic carbocycles. The number of carbonyl (C=O) groups excluding carboxylic acids is 1. The van der Waals surface area contributed by atoms with Crippen molar-refractivity contribution >= 4 is 57.0 Å². The number of fused-ring (bicyclic) bond motifs is 1. The van der Waals surface area contributed by atoms with E-state index in [4.69, 9.17) is 17.3 Å². The summed E-state index contributed by atoms with van der Waals surface area (Å²) in [6.45, 7) is -0.405. The van der Waals surface area contributed by atoms with Crippen LogP contribution >= 0.6 is 24.0 Å². The Morgan fingerprint density at radius 2 is 1.95 bits per heavy atom. The predicted molar refractivity (Wildman–Crippen MR) is 91.5 cm³/mol. The number of benzene rings is 2. The number of rotatable bonds is 3. The van der Waals surface area contributed by atoms with Crippen molar-refractivity contribution < 1.29 is 14.7 Å². The number of carboxylic acids is 1. The maximum absolute atomic E-state index is 12.3. The van der Waals surface area contributed by atoms with Crippen LogP contribution in [0.15, 0.2) is 47.4 Å². The molecule has 110 valence electrons. The molecule has 0 aromatic heterocycles. The molecular formula is C16H11NO3S2. The first-order chi connectivity index (χ1) is 10.6. The van der Waals surface area contributed by atoms with E-state index in [2.05, 4.69) is 0 Å². The van der Waals surface area contributed by atoms with Crippen LogP contribution in [0.1, 0.15) is 5.56 Å². The summed E-state index contributed by atoms with van der Waals surface area (Å²) >= 11 is 6.22. The summed E-state index contributed by atoms with van der Waals surface area (Å²) in [7, 11) is 0. The maximum Gasteiger partial charge on any atom is 0.323 e. The standard InChI is InChI=1S/C16H11NO3S2/c18-14(19)9-17-15(20)13(22-16(17)21)8-11-6-3-5-10-4-1-2-7-12(10)11/h1-8H,9H2,(H,18,19). The van der Waals surface area contributed by atoms with Crippen molar-refractivity contribution in [1.82, 2.24) is 4.90 Å². The highest BCUT2D eigenvalue weighted by atomic mass is 32.2. The van der Waals surface area contributed by atoms with E-state index in [1.54, 1.807) is 6.08 Å². The van der Waals surface area contributed by atoms with E-state index in [0.717, 1.165) is 33.0 Å². The van der Waals surface area contributed by atoms with Gasteiger partial charge in [0.25, 0.3) is 5.91 Å². The van der Waals surface area contributed by atoms with Crippen LogP contribution in [-0.4, -0.2) is 32.7 Å². The topological polar surface area (TPSA) is 57.6 Å².